The van der Waals surface area contributed by atoms with Crippen molar-refractivity contribution in [2.24, 2.45) is 0 Å². The van der Waals surface area contributed by atoms with Crippen molar-refractivity contribution in [1.82, 2.24) is 19.7 Å². The molecule has 1 aliphatic heterocycles. The van der Waals surface area contributed by atoms with Crippen molar-refractivity contribution >= 4 is 22.8 Å². The molecule has 0 atom stereocenters. The number of amides is 1. The lowest BCUT2D eigenvalue weighted by atomic mass is 10.1. The maximum absolute atomic E-state index is 12.5. The first-order valence-corrected chi connectivity index (χ1v) is 7.12. The van der Waals surface area contributed by atoms with Gasteiger partial charge in [0, 0.05) is 24.5 Å². The number of carbonyl (C=O) groups excluding carboxylic acids is 1. The fourth-order valence-electron chi connectivity index (χ4n) is 2.84. The summed E-state index contributed by atoms with van der Waals surface area (Å²) in [5, 5.41) is 12.1. The molecule has 1 aliphatic rings. The summed E-state index contributed by atoms with van der Waals surface area (Å²) in [6.45, 7) is 0.866. The summed E-state index contributed by atoms with van der Waals surface area (Å²) in [6, 6.07) is 7.61. The number of fused-ring (bicyclic) bond motifs is 2. The summed E-state index contributed by atoms with van der Waals surface area (Å²) >= 11 is 0. The van der Waals surface area contributed by atoms with E-state index in [1.165, 1.54) is 0 Å². The molecule has 6 heteroatoms. The number of aryl methyl sites for hydroxylation is 1. The van der Waals surface area contributed by atoms with E-state index in [-0.39, 0.29) is 5.91 Å². The zero-order valence-electron chi connectivity index (χ0n) is 11.5. The number of benzene rings is 1. The van der Waals surface area contributed by atoms with Crippen LogP contribution in [0, 0.1) is 0 Å². The van der Waals surface area contributed by atoms with Crippen LogP contribution in [0.5, 0.6) is 0 Å². The number of hydrogen-bond acceptors (Lipinski definition) is 3. The Morgan fingerprint density at radius 2 is 2.19 bits per heavy atom. The Morgan fingerprint density at radius 3 is 3.14 bits per heavy atom. The zero-order valence-corrected chi connectivity index (χ0v) is 11.5. The van der Waals surface area contributed by atoms with E-state index in [0.717, 1.165) is 42.5 Å². The van der Waals surface area contributed by atoms with Crippen LogP contribution < -0.4 is 5.32 Å². The predicted molar refractivity (Wildman–Crippen MR) is 79.2 cm³/mol. The van der Waals surface area contributed by atoms with Crippen LogP contribution in [0.1, 0.15) is 29.0 Å². The van der Waals surface area contributed by atoms with Gasteiger partial charge in [-0.05, 0) is 25.0 Å². The highest BCUT2D eigenvalue weighted by Crippen LogP contribution is 2.20. The van der Waals surface area contributed by atoms with E-state index in [9.17, 15) is 4.79 Å². The number of para-hydroxylation sites is 1. The van der Waals surface area contributed by atoms with Crippen molar-refractivity contribution < 1.29 is 4.79 Å². The molecule has 2 N–H and O–H groups in total. The maximum atomic E-state index is 12.5. The van der Waals surface area contributed by atoms with Crippen molar-refractivity contribution in [2.45, 2.75) is 25.8 Å². The molecular formula is C15H15N5O. The predicted octanol–water partition coefficient (Wildman–Crippen LogP) is 2.35. The molecule has 21 heavy (non-hydrogen) atoms. The van der Waals surface area contributed by atoms with Gasteiger partial charge in [-0.25, -0.2) is 0 Å². The summed E-state index contributed by atoms with van der Waals surface area (Å²) in [6.07, 6.45) is 4.99. The smallest absolute Gasteiger partial charge is 0.260 e. The Kier molecular flexibility index (Phi) is 2.73. The average molecular weight is 281 g/mol. The third-order valence-electron chi connectivity index (χ3n) is 3.92. The van der Waals surface area contributed by atoms with E-state index in [1.54, 1.807) is 0 Å². The van der Waals surface area contributed by atoms with Crippen LogP contribution in [0.25, 0.3) is 10.9 Å². The second kappa shape index (κ2) is 4.73. The molecule has 0 bridgehead atoms. The van der Waals surface area contributed by atoms with Gasteiger partial charge in [-0.3, -0.25) is 14.7 Å². The van der Waals surface area contributed by atoms with Gasteiger partial charge in [-0.15, -0.1) is 10.2 Å². The lowest BCUT2D eigenvalue weighted by Gasteiger charge is -2.14. The number of nitrogens with zero attached hydrogens (tertiary/aromatic N) is 3. The highest BCUT2D eigenvalue weighted by atomic mass is 16.1. The molecule has 1 amide bonds. The van der Waals surface area contributed by atoms with E-state index in [0.29, 0.717) is 11.5 Å². The number of carbonyl (C=O) groups is 1. The van der Waals surface area contributed by atoms with E-state index < -0.39 is 0 Å². The molecule has 0 aliphatic carbocycles. The average Bonchev–Trinajstić information content (AvgIpc) is 3.14. The number of anilines is 1. The first-order valence-electron chi connectivity index (χ1n) is 7.12. The Hall–Kier alpha value is -2.63. The van der Waals surface area contributed by atoms with Crippen LogP contribution in [0.15, 0.2) is 30.5 Å². The topological polar surface area (TPSA) is 75.6 Å². The van der Waals surface area contributed by atoms with Gasteiger partial charge in [-0.1, -0.05) is 12.1 Å². The third-order valence-corrected chi connectivity index (χ3v) is 3.92. The van der Waals surface area contributed by atoms with Crippen LogP contribution >= 0.6 is 0 Å². The summed E-state index contributed by atoms with van der Waals surface area (Å²) in [4.78, 5) is 15.6. The van der Waals surface area contributed by atoms with Gasteiger partial charge >= 0.3 is 0 Å². The largest absolute Gasteiger partial charge is 0.361 e. The quantitative estimate of drug-likeness (QED) is 0.757. The molecule has 0 unspecified atom stereocenters. The number of H-pyrrole nitrogens is 1. The van der Waals surface area contributed by atoms with E-state index in [4.69, 9.17) is 0 Å². The summed E-state index contributed by atoms with van der Waals surface area (Å²) in [5.41, 5.74) is 1.46. The standard InChI is InChI=1S/C15H15N5O/c21-14(11-5-3-4-10-7-8-16-13(10)11)17-15-19-18-12-6-1-2-9-20(12)15/h3-5,7-8,16H,1-2,6,9H2,(H,17,19,21). The van der Waals surface area contributed by atoms with Gasteiger partial charge < -0.3 is 4.98 Å². The Morgan fingerprint density at radius 1 is 1.24 bits per heavy atom. The van der Waals surface area contributed by atoms with Crippen molar-refractivity contribution in [2.75, 3.05) is 5.32 Å². The molecule has 0 saturated carbocycles. The van der Waals surface area contributed by atoms with Crippen LogP contribution in [0.3, 0.4) is 0 Å². The van der Waals surface area contributed by atoms with Gasteiger partial charge in [0.05, 0.1) is 11.1 Å². The van der Waals surface area contributed by atoms with Crippen LogP contribution in [0.2, 0.25) is 0 Å². The zero-order chi connectivity index (χ0) is 14.2. The van der Waals surface area contributed by atoms with Gasteiger partial charge in [0.25, 0.3) is 5.91 Å². The molecule has 4 rings (SSSR count). The van der Waals surface area contributed by atoms with Gasteiger partial charge in [-0.2, -0.15) is 0 Å². The van der Waals surface area contributed by atoms with Crippen molar-refractivity contribution in [3.63, 3.8) is 0 Å². The molecule has 0 spiro atoms. The minimum absolute atomic E-state index is 0.163. The Labute approximate surface area is 121 Å². The Balaban J connectivity index is 1.67. The summed E-state index contributed by atoms with van der Waals surface area (Å²) < 4.78 is 2.00. The summed E-state index contributed by atoms with van der Waals surface area (Å²) in [5.74, 6) is 1.33. The fraction of sp³-hybridized carbons (Fsp3) is 0.267. The molecule has 2 aromatic heterocycles. The van der Waals surface area contributed by atoms with E-state index in [2.05, 4.69) is 20.5 Å². The molecule has 6 nitrogen and oxygen atoms in total. The molecule has 0 radical (unpaired) electrons. The molecular weight excluding hydrogens is 266 g/mol. The number of aromatic amines is 1. The van der Waals surface area contributed by atoms with Crippen molar-refractivity contribution in [3.05, 3.63) is 41.9 Å². The maximum Gasteiger partial charge on any atom is 0.260 e. The lowest BCUT2D eigenvalue weighted by molar-refractivity contribution is 0.102. The van der Waals surface area contributed by atoms with Gasteiger partial charge in [0.2, 0.25) is 5.95 Å². The van der Waals surface area contributed by atoms with Crippen LogP contribution in [-0.4, -0.2) is 25.7 Å². The normalized spacial score (nSPS) is 14.1. The molecule has 3 aromatic rings. The monoisotopic (exact) mass is 281 g/mol. The first-order chi connectivity index (χ1) is 10.3. The number of nitrogens with one attached hydrogen (secondary N) is 2. The molecule has 106 valence electrons. The van der Waals surface area contributed by atoms with Gasteiger partial charge in [0.1, 0.15) is 5.82 Å². The highest BCUT2D eigenvalue weighted by Gasteiger charge is 2.19. The second-order valence-electron chi connectivity index (χ2n) is 5.25. The number of rotatable bonds is 2. The minimum atomic E-state index is -0.163. The lowest BCUT2D eigenvalue weighted by Crippen LogP contribution is -2.19. The van der Waals surface area contributed by atoms with E-state index in [1.807, 2.05) is 35.0 Å². The number of hydrogen-bond donors (Lipinski definition) is 2. The first kappa shape index (κ1) is 12.1. The Bertz CT molecular complexity index is 816. The molecule has 0 fully saturated rings. The summed E-state index contributed by atoms with van der Waals surface area (Å²) in [7, 11) is 0. The molecule has 0 saturated heterocycles. The molecule has 3 heterocycles. The van der Waals surface area contributed by atoms with Crippen molar-refractivity contribution in [3.8, 4) is 0 Å². The van der Waals surface area contributed by atoms with Crippen LogP contribution in [-0.2, 0) is 13.0 Å². The minimum Gasteiger partial charge on any atom is -0.361 e. The van der Waals surface area contributed by atoms with Crippen molar-refractivity contribution in [1.29, 1.82) is 0 Å². The SMILES string of the molecule is O=C(Nc1nnc2n1CCCC2)c1cccc2cc[nH]c12. The number of aromatic nitrogens is 4. The molecule has 1 aromatic carbocycles. The fourth-order valence-corrected chi connectivity index (χ4v) is 2.84. The highest BCUT2D eigenvalue weighted by molar-refractivity contribution is 6.11. The third kappa shape index (κ3) is 1.99. The van der Waals surface area contributed by atoms with Crippen LogP contribution in [0.4, 0.5) is 5.95 Å². The van der Waals surface area contributed by atoms with E-state index >= 15 is 0 Å². The van der Waals surface area contributed by atoms with Gasteiger partial charge in [0.15, 0.2) is 0 Å². The second-order valence-corrected chi connectivity index (χ2v) is 5.25.